The number of fused-ring (bicyclic) bond motifs is 1. The molecular formula is C13H10BClO2. The Kier molecular flexibility index (Phi) is 2.79. The van der Waals surface area contributed by atoms with E-state index in [1.54, 1.807) is 0 Å². The molecule has 0 atom stereocenters. The first-order valence-corrected chi connectivity index (χ1v) is 5.83. The van der Waals surface area contributed by atoms with E-state index in [0.29, 0.717) is 11.6 Å². The van der Waals surface area contributed by atoms with E-state index >= 15 is 0 Å². The largest absolute Gasteiger partial charge is 0.563 e. The van der Waals surface area contributed by atoms with Crippen molar-refractivity contribution in [3.63, 3.8) is 0 Å². The molecule has 0 saturated heterocycles. The smallest absolute Gasteiger partial charge is 0.531 e. The molecule has 0 N–H and O–H groups in total. The Morgan fingerprint density at radius 2 is 1.82 bits per heavy atom. The Morgan fingerprint density at radius 3 is 2.65 bits per heavy atom. The van der Waals surface area contributed by atoms with E-state index in [0.717, 1.165) is 16.8 Å². The Labute approximate surface area is 105 Å². The lowest BCUT2D eigenvalue weighted by Gasteiger charge is -2.24. The second-order valence-electron chi connectivity index (χ2n) is 3.90. The fraction of sp³-hybridized carbons (Fsp3) is 0.0769. The Balaban J connectivity index is 1.93. The molecule has 1 heterocycles. The highest BCUT2D eigenvalue weighted by atomic mass is 35.5. The minimum atomic E-state index is -0.372. The average Bonchev–Trinajstić information content (AvgIpc) is 2.40. The number of halogens is 1. The number of para-hydroxylation sites is 1. The summed E-state index contributed by atoms with van der Waals surface area (Å²) < 4.78 is 11.5. The van der Waals surface area contributed by atoms with Crippen molar-refractivity contribution in [3.8, 4) is 5.75 Å². The summed E-state index contributed by atoms with van der Waals surface area (Å²) in [6.45, 7) is 0.523. The van der Waals surface area contributed by atoms with Gasteiger partial charge in [0.15, 0.2) is 0 Å². The maximum Gasteiger partial charge on any atom is 0.563 e. The van der Waals surface area contributed by atoms with E-state index in [2.05, 4.69) is 0 Å². The van der Waals surface area contributed by atoms with Crippen LogP contribution < -0.4 is 10.1 Å². The second-order valence-corrected chi connectivity index (χ2v) is 4.31. The molecule has 4 heteroatoms. The highest BCUT2D eigenvalue weighted by Gasteiger charge is 2.29. The molecule has 0 saturated carbocycles. The third-order valence-electron chi connectivity index (χ3n) is 2.74. The van der Waals surface area contributed by atoms with Gasteiger partial charge >= 0.3 is 7.12 Å². The van der Waals surface area contributed by atoms with Gasteiger partial charge in [0.2, 0.25) is 0 Å². The number of benzene rings is 2. The molecule has 0 bridgehead atoms. The molecule has 0 fully saturated rings. The first-order valence-electron chi connectivity index (χ1n) is 5.45. The van der Waals surface area contributed by atoms with Crippen LogP contribution in [0.1, 0.15) is 5.56 Å². The molecule has 0 aromatic heterocycles. The van der Waals surface area contributed by atoms with Gasteiger partial charge in [-0.05, 0) is 11.5 Å². The van der Waals surface area contributed by atoms with Crippen molar-refractivity contribution in [2.45, 2.75) is 6.61 Å². The summed E-state index contributed by atoms with van der Waals surface area (Å²) in [4.78, 5) is 0. The zero-order chi connectivity index (χ0) is 11.7. The van der Waals surface area contributed by atoms with Crippen molar-refractivity contribution in [1.29, 1.82) is 0 Å². The molecule has 0 amide bonds. The number of hydrogen-bond acceptors (Lipinski definition) is 2. The molecular weight excluding hydrogens is 234 g/mol. The van der Waals surface area contributed by atoms with E-state index < -0.39 is 0 Å². The number of hydrogen-bond donors (Lipinski definition) is 0. The molecule has 2 aromatic rings. The Morgan fingerprint density at radius 1 is 1.00 bits per heavy atom. The zero-order valence-electron chi connectivity index (χ0n) is 9.10. The van der Waals surface area contributed by atoms with Gasteiger partial charge < -0.3 is 9.31 Å². The Bertz CT molecular complexity index is 530. The summed E-state index contributed by atoms with van der Waals surface area (Å²) >= 11 is 6.11. The van der Waals surface area contributed by atoms with Gasteiger partial charge in [0.05, 0.1) is 11.6 Å². The van der Waals surface area contributed by atoms with Crippen LogP contribution in [0, 0.1) is 0 Å². The van der Waals surface area contributed by atoms with Crippen molar-refractivity contribution in [3.05, 3.63) is 59.1 Å². The standard InChI is InChI=1S/C13H10BClO2/c15-12-8-4-5-10-9-16-14(17-13(10)12)11-6-2-1-3-7-11/h1-8H,9H2. The summed E-state index contributed by atoms with van der Waals surface area (Å²) in [7, 11) is -0.372. The molecule has 84 valence electrons. The van der Waals surface area contributed by atoms with Gasteiger partial charge in [-0.1, -0.05) is 54.1 Å². The number of rotatable bonds is 1. The van der Waals surface area contributed by atoms with E-state index in [9.17, 15) is 0 Å². The molecule has 0 unspecified atom stereocenters. The molecule has 1 aliphatic heterocycles. The van der Waals surface area contributed by atoms with Crippen molar-refractivity contribution >= 4 is 24.2 Å². The summed E-state index contributed by atoms with van der Waals surface area (Å²) in [5.74, 6) is 0.731. The van der Waals surface area contributed by atoms with Gasteiger partial charge in [-0.15, -0.1) is 0 Å². The molecule has 0 spiro atoms. The molecule has 3 rings (SSSR count). The van der Waals surface area contributed by atoms with Gasteiger partial charge in [-0.2, -0.15) is 0 Å². The molecule has 0 radical (unpaired) electrons. The van der Waals surface area contributed by atoms with E-state index in [1.807, 2.05) is 48.5 Å². The molecule has 2 aromatic carbocycles. The minimum absolute atomic E-state index is 0.372. The molecule has 17 heavy (non-hydrogen) atoms. The van der Waals surface area contributed by atoms with Gasteiger partial charge in [0, 0.05) is 5.56 Å². The molecule has 0 aliphatic carbocycles. The highest BCUT2D eigenvalue weighted by Crippen LogP contribution is 2.32. The fourth-order valence-electron chi connectivity index (χ4n) is 1.88. The van der Waals surface area contributed by atoms with Crippen molar-refractivity contribution < 1.29 is 9.31 Å². The van der Waals surface area contributed by atoms with Crippen LogP contribution >= 0.6 is 11.6 Å². The maximum absolute atomic E-state index is 6.11. The van der Waals surface area contributed by atoms with E-state index in [1.165, 1.54) is 0 Å². The maximum atomic E-state index is 6.11. The monoisotopic (exact) mass is 244 g/mol. The second kappa shape index (κ2) is 4.44. The topological polar surface area (TPSA) is 18.5 Å². The van der Waals surface area contributed by atoms with Crippen LogP contribution in [0.15, 0.2) is 48.5 Å². The van der Waals surface area contributed by atoms with Crippen molar-refractivity contribution in [2.75, 3.05) is 0 Å². The van der Waals surface area contributed by atoms with Crippen LogP contribution in [0.4, 0.5) is 0 Å². The van der Waals surface area contributed by atoms with Crippen LogP contribution in [-0.2, 0) is 11.3 Å². The third kappa shape index (κ3) is 2.04. The average molecular weight is 244 g/mol. The quantitative estimate of drug-likeness (QED) is 0.718. The molecule has 2 nitrogen and oxygen atoms in total. The SMILES string of the molecule is Clc1cccc2c1OB(c1ccccc1)OC2. The predicted octanol–water partition coefficient (Wildman–Crippen LogP) is 2.64. The van der Waals surface area contributed by atoms with Crippen LogP contribution in [0.3, 0.4) is 0 Å². The van der Waals surface area contributed by atoms with E-state index in [4.69, 9.17) is 20.9 Å². The van der Waals surface area contributed by atoms with Gasteiger partial charge in [0.1, 0.15) is 5.75 Å². The normalized spacial score (nSPS) is 14.1. The molecule has 1 aliphatic rings. The van der Waals surface area contributed by atoms with Gasteiger partial charge in [-0.3, -0.25) is 0 Å². The Hall–Kier alpha value is -1.45. The summed E-state index contributed by atoms with van der Waals surface area (Å²) in [6.07, 6.45) is 0. The summed E-state index contributed by atoms with van der Waals surface area (Å²) in [5.41, 5.74) is 1.99. The van der Waals surface area contributed by atoms with Crippen LogP contribution in [-0.4, -0.2) is 7.12 Å². The van der Waals surface area contributed by atoms with E-state index in [-0.39, 0.29) is 7.12 Å². The van der Waals surface area contributed by atoms with Crippen LogP contribution in [0.2, 0.25) is 5.02 Å². The zero-order valence-corrected chi connectivity index (χ0v) is 9.85. The first-order chi connectivity index (χ1) is 8.34. The highest BCUT2D eigenvalue weighted by molar-refractivity contribution is 6.62. The lowest BCUT2D eigenvalue weighted by molar-refractivity contribution is 0.238. The van der Waals surface area contributed by atoms with Gasteiger partial charge in [0.25, 0.3) is 0 Å². The lowest BCUT2D eigenvalue weighted by Crippen LogP contribution is -2.42. The predicted molar refractivity (Wildman–Crippen MR) is 68.7 cm³/mol. The summed E-state index contributed by atoms with van der Waals surface area (Å²) in [6, 6.07) is 15.5. The van der Waals surface area contributed by atoms with Crippen LogP contribution in [0.5, 0.6) is 5.75 Å². The van der Waals surface area contributed by atoms with Crippen molar-refractivity contribution in [2.24, 2.45) is 0 Å². The minimum Gasteiger partial charge on any atom is -0.531 e. The fourth-order valence-corrected chi connectivity index (χ4v) is 2.12. The third-order valence-corrected chi connectivity index (χ3v) is 3.03. The van der Waals surface area contributed by atoms with Crippen LogP contribution in [0.25, 0.3) is 0 Å². The van der Waals surface area contributed by atoms with Gasteiger partial charge in [-0.25, -0.2) is 0 Å². The first kappa shape index (κ1) is 10.7. The summed E-state index contributed by atoms with van der Waals surface area (Å²) in [5, 5.41) is 0.631. The van der Waals surface area contributed by atoms with Crippen molar-refractivity contribution in [1.82, 2.24) is 0 Å². The lowest BCUT2D eigenvalue weighted by atomic mass is 9.78.